The Morgan fingerprint density at radius 1 is 1.13 bits per heavy atom. The van der Waals surface area contributed by atoms with E-state index < -0.39 is 0 Å². The summed E-state index contributed by atoms with van der Waals surface area (Å²) in [6, 6.07) is 12.6. The number of hydrogen-bond acceptors (Lipinski definition) is 1. The minimum atomic E-state index is 1.07. The molecule has 0 amide bonds. The second-order valence-electron chi connectivity index (χ2n) is 3.77. The zero-order chi connectivity index (χ0) is 10.4. The molecule has 0 N–H and O–H groups in total. The molecule has 0 aliphatic rings. The lowest BCUT2D eigenvalue weighted by Crippen LogP contribution is -2.37. The summed E-state index contributed by atoms with van der Waals surface area (Å²) in [5, 5.41) is 6.97. The molecular formula is C12H12N3+. The number of aryl methyl sites for hydroxylation is 2. The third-order valence-corrected chi connectivity index (χ3v) is 2.91. The van der Waals surface area contributed by atoms with Gasteiger partial charge in [-0.2, -0.15) is 4.68 Å². The summed E-state index contributed by atoms with van der Waals surface area (Å²) in [5.74, 6) is 0. The van der Waals surface area contributed by atoms with Gasteiger partial charge in [-0.25, -0.2) is 0 Å². The highest BCUT2D eigenvalue weighted by Crippen LogP contribution is 2.20. The van der Waals surface area contributed by atoms with Crippen LogP contribution in [0.4, 0.5) is 0 Å². The number of aromatic nitrogens is 3. The molecule has 0 saturated heterocycles. The highest BCUT2D eigenvalue weighted by atomic mass is 15.5. The molecule has 15 heavy (non-hydrogen) atoms. The van der Waals surface area contributed by atoms with E-state index in [1.54, 1.807) is 0 Å². The lowest BCUT2D eigenvalue weighted by molar-refractivity contribution is -0.733. The number of hydrogen-bond donors (Lipinski definition) is 0. The molecule has 0 fully saturated rings. The quantitative estimate of drug-likeness (QED) is 0.502. The first-order valence-corrected chi connectivity index (χ1v) is 4.98. The first kappa shape index (κ1) is 8.41. The lowest BCUT2D eigenvalue weighted by atomic mass is 10.1. The average molecular weight is 198 g/mol. The molecule has 0 radical (unpaired) electrons. The van der Waals surface area contributed by atoms with Crippen LogP contribution >= 0.6 is 0 Å². The Kier molecular flexibility index (Phi) is 1.57. The molecule has 74 valence electrons. The van der Waals surface area contributed by atoms with Crippen LogP contribution in [-0.4, -0.2) is 9.90 Å². The fourth-order valence-corrected chi connectivity index (χ4v) is 1.98. The molecular weight excluding hydrogens is 186 g/mol. The van der Waals surface area contributed by atoms with E-state index in [9.17, 15) is 0 Å². The summed E-state index contributed by atoms with van der Waals surface area (Å²) in [5.41, 5.74) is 2.23. The molecule has 0 aliphatic heterocycles. The maximum Gasteiger partial charge on any atom is 0.256 e. The van der Waals surface area contributed by atoms with Crippen LogP contribution < -0.4 is 4.68 Å². The molecule has 0 bridgehead atoms. The van der Waals surface area contributed by atoms with Crippen molar-refractivity contribution in [3.63, 3.8) is 0 Å². The van der Waals surface area contributed by atoms with E-state index in [4.69, 9.17) is 0 Å². The minimum absolute atomic E-state index is 1.07. The van der Waals surface area contributed by atoms with Gasteiger partial charge in [0.05, 0.1) is 7.05 Å². The van der Waals surface area contributed by atoms with Crippen LogP contribution in [0.5, 0.6) is 0 Å². The average Bonchev–Trinajstić information content (AvgIpc) is 2.56. The van der Waals surface area contributed by atoms with Crippen LogP contribution in [0.2, 0.25) is 0 Å². The van der Waals surface area contributed by atoms with Gasteiger partial charge in [0.2, 0.25) is 5.52 Å². The number of fused-ring (bicyclic) bond motifs is 3. The van der Waals surface area contributed by atoms with Crippen LogP contribution in [0.1, 0.15) is 0 Å². The van der Waals surface area contributed by atoms with Gasteiger partial charge in [-0.1, -0.05) is 18.2 Å². The third-order valence-electron chi connectivity index (χ3n) is 2.91. The summed E-state index contributed by atoms with van der Waals surface area (Å²) in [6.07, 6.45) is 0. The topological polar surface area (TPSA) is 21.7 Å². The van der Waals surface area contributed by atoms with Crippen LogP contribution in [0.15, 0.2) is 36.4 Å². The van der Waals surface area contributed by atoms with Gasteiger partial charge in [0.15, 0.2) is 0 Å². The van der Waals surface area contributed by atoms with Crippen molar-refractivity contribution in [2.45, 2.75) is 0 Å². The fraction of sp³-hybridized carbons (Fsp3) is 0.167. The third kappa shape index (κ3) is 1.06. The van der Waals surface area contributed by atoms with Crippen molar-refractivity contribution in [2.24, 2.45) is 14.1 Å². The number of rotatable bonds is 0. The van der Waals surface area contributed by atoms with Crippen molar-refractivity contribution in [3.8, 4) is 0 Å². The Hall–Kier alpha value is -1.90. The van der Waals surface area contributed by atoms with Crippen LogP contribution in [0, 0.1) is 0 Å². The number of nitrogens with zero attached hydrogens (tertiary/aromatic N) is 3. The van der Waals surface area contributed by atoms with E-state index in [0.717, 1.165) is 11.0 Å². The van der Waals surface area contributed by atoms with Crippen molar-refractivity contribution in [2.75, 3.05) is 0 Å². The zero-order valence-electron chi connectivity index (χ0n) is 8.81. The molecule has 3 aromatic rings. The highest BCUT2D eigenvalue weighted by molar-refractivity contribution is 6.02. The smallest absolute Gasteiger partial charge is 0.156 e. The Morgan fingerprint density at radius 3 is 2.80 bits per heavy atom. The molecule has 0 aliphatic carbocycles. The van der Waals surface area contributed by atoms with Gasteiger partial charge in [0, 0.05) is 10.5 Å². The van der Waals surface area contributed by atoms with Gasteiger partial charge in [0.25, 0.3) is 5.52 Å². The summed E-state index contributed by atoms with van der Waals surface area (Å²) in [4.78, 5) is 1.86. The van der Waals surface area contributed by atoms with Crippen LogP contribution in [0.25, 0.3) is 21.8 Å². The van der Waals surface area contributed by atoms with Gasteiger partial charge < -0.3 is 0 Å². The highest BCUT2D eigenvalue weighted by Gasteiger charge is 2.15. The molecule has 3 rings (SSSR count). The summed E-state index contributed by atoms with van der Waals surface area (Å²) in [6.45, 7) is 0. The van der Waals surface area contributed by atoms with Crippen molar-refractivity contribution in [1.82, 2.24) is 9.90 Å². The predicted octanol–water partition coefficient (Wildman–Crippen LogP) is 1.55. The summed E-state index contributed by atoms with van der Waals surface area (Å²) >= 11 is 0. The SMILES string of the molecule is Cn1nc2c3ccccc3ccc2[n+]1C. The molecule has 0 unspecified atom stereocenters. The number of benzene rings is 2. The van der Waals surface area contributed by atoms with E-state index in [-0.39, 0.29) is 0 Å². The molecule has 0 spiro atoms. The second-order valence-corrected chi connectivity index (χ2v) is 3.77. The Labute approximate surface area is 87.5 Å². The standard InChI is InChI=1S/C12H12N3/c1-14-11-8-7-9-5-3-4-6-10(9)12(11)13-15(14)2/h3-8H,1-2H3/q+1. The van der Waals surface area contributed by atoms with Crippen molar-refractivity contribution < 1.29 is 4.68 Å². The molecule has 0 saturated carbocycles. The molecule has 1 aromatic heterocycles. The predicted molar refractivity (Wildman–Crippen MR) is 59.4 cm³/mol. The zero-order valence-corrected chi connectivity index (χ0v) is 8.81. The maximum absolute atomic E-state index is 4.52. The van der Waals surface area contributed by atoms with Crippen molar-refractivity contribution in [1.29, 1.82) is 0 Å². The van der Waals surface area contributed by atoms with E-state index in [1.165, 1.54) is 10.8 Å². The Balaban J connectivity index is 2.60. The van der Waals surface area contributed by atoms with E-state index in [1.807, 2.05) is 23.6 Å². The largest absolute Gasteiger partial charge is 0.256 e. The van der Waals surface area contributed by atoms with Gasteiger partial charge in [-0.15, -0.1) is 0 Å². The Morgan fingerprint density at radius 2 is 1.93 bits per heavy atom. The summed E-state index contributed by atoms with van der Waals surface area (Å²) < 4.78 is 2.04. The molecule has 2 aromatic carbocycles. The minimum Gasteiger partial charge on any atom is -0.156 e. The van der Waals surface area contributed by atoms with Crippen LogP contribution in [-0.2, 0) is 14.1 Å². The molecule has 0 atom stereocenters. The normalized spacial score (nSPS) is 11.3. The van der Waals surface area contributed by atoms with E-state index >= 15 is 0 Å². The van der Waals surface area contributed by atoms with Gasteiger partial charge >= 0.3 is 0 Å². The lowest BCUT2D eigenvalue weighted by Gasteiger charge is -1.93. The monoisotopic (exact) mass is 198 g/mol. The van der Waals surface area contributed by atoms with Gasteiger partial charge in [-0.3, -0.25) is 0 Å². The first-order chi connectivity index (χ1) is 7.27. The van der Waals surface area contributed by atoms with Crippen LogP contribution in [0.3, 0.4) is 0 Å². The Bertz CT molecular complexity index is 652. The van der Waals surface area contributed by atoms with Crippen molar-refractivity contribution in [3.05, 3.63) is 36.4 Å². The maximum atomic E-state index is 4.52. The molecule has 3 heteroatoms. The van der Waals surface area contributed by atoms with E-state index in [0.29, 0.717) is 0 Å². The van der Waals surface area contributed by atoms with E-state index in [2.05, 4.69) is 41.5 Å². The van der Waals surface area contributed by atoms with Crippen molar-refractivity contribution >= 4 is 21.8 Å². The second kappa shape index (κ2) is 2.79. The fourth-order valence-electron chi connectivity index (χ4n) is 1.98. The van der Waals surface area contributed by atoms with Gasteiger partial charge in [0.1, 0.15) is 7.05 Å². The first-order valence-electron chi connectivity index (χ1n) is 4.98. The molecule has 3 nitrogen and oxygen atoms in total. The van der Waals surface area contributed by atoms with Gasteiger partial charge in [-0.05, 0) is 28.4 Å². The molecule has 1 heterocycles. The summed E-state index contributed by atoms with van der Waals surface area (Å²) in [7, 11) is 3.97.